The predicted molar refractivity (Wildman–Crippen MR) is 87.6 cm³/mol. The van der Waals surface area contributed by atoms with E-state index in [0.717, 1.165) is 29.2 Å². The molecular weight excluding hydrogens is 262 g/mol. The Balaban J connectivity index is 2.29. The van der Waals surface area contributed by atoms with Gasteiger partial charge in [-0.25, -0.2) is 4.98 Å². The van der Waals surface area contributed by atoms with E-state index >= 15 is 0 Å². The largest absolute Gasteiger partial charge is 0.494 e. The summed E-state index contributed by atoms with van der Waals surface area (Å²) in [6.45, 7) is 7.87. The van der Waals surface area contributed by atoms with Gasteiger partial charge >= 0.3 is 0 Å². The first-order valence-electron chi connectivity index (χ1n) is 8.06. The highest BCUT2D eigenvalue weighted by atomic mass is 16.5. The lowest BCUT2D eigenvalue weighted by Gasteiger charge is -2.11. The number of rotatable bonds is 8. The third-order valence-corrected chi connectivity index (χ3v) is 3.70. The molecule has 0 aliphatic heterocycles. The van der Waals surface area contributed by atoms with Crippen LogP contribution in [-0.4, -0.2) is 16.2 Å². The van der Waals surface area contributed by atoms with Gasteiger partial charge in [0.2, 0.25) is 0 Å². The van der Waals surface area contributed by atoms with Gasteiger partial charge in [0.15, 0.2) is 0 Å². The number of hydrogen-bond acceptors (Lipinski definition) is 3. The zero-order chi connectivity index (χ0) is 15.2. The van der Waals surface area contributed by atoms with Crippen molar-refractivity contribution in [1.29, 1.82) is 0 Å². The second-order valence-electron chi connectivity index (χ2n) is 5.55. The van der Waals surface area contributed by atoms with Gasteiger partial charge in [-0.1, -0.05) is 26.2 Å². The van der Waals surface area contributed by atoms with Crippen LogP contribution in [0.3, 0.4) is 0 Å². The van der Waals surface area contributed by atoms with E-state index in [1.54, 1.807) is 0 Å². The molecule has 116 valence electrons. The molecule has 1 aromatic heterocycles. The molecule has 0 saturated heterocycles. The van der Waals surface area contributed by atoms with Crippen LogP contribution in [0, 0.1) is 0 Å². The maximum Gasteiger partial charge on any atom is 0.126 e. The second-order valence-corrected chi connectivity index (χ2v) is 5.55. The van der Waals surface area contributed by atoms with E-state index in [4.69, 9.17) is 15.5 Å². The van der Waals surface area contributed by atoms with Crippen LogP contribution in [0.1, 0.15) is 58.3 Å². The van der Waals surface area contributed by atoms with Crippen molar-refractivity contribution in [3.8, 4) is 5.75 Å². The Bertz CT molecular complexity index is 575. The predicted octanol–water partition coefficient (Wildman–Crippen LogP) is 4.04. The van der Waals surface area contributed by atoms with Crippen LogP contribution in [0.25, 0.3) is 11.0 Å². The molecule has 0 fully saturated rings. The fourth-order valence-corrected chi connectivity index (χ4v) is 2.66. The van der Waals surface area contributed by atoms with Crippen molar-refractivity contribution in [3.05, 3.63) is 24.0 Å². The molecule has 1 aromatic carbocycles. The Kier molecular flexibility index (Phi) is 5.62. The average Bonchev–Trinajstić information content (AvgIpc) is 2.82. The zero-order valence-electron chi connectivity index (χ0n) is 13.4. The minimum absolute atomic E-state index is 0.0564. The van der Waals surface area contributed by atoms with Crippen LogP contribution < -0.4 is 10.5 Å². The molecule has 4 heteroatoms. The Morgan fingerprint density at radius 1 is 1.24 bits per heavy atom. The van der Waals surface area contributed by atoms with E-state index in [-0.39, 0.29) is 6.04 Å². The number of fused-ring (bicyclic) bond motifs is 1. The summed E-state index contributed by atoms with van der Waals surface area (Å²) in [4.78, 5) is 4.71. The molecule has 1 unspecified atom stereocenters. The minimum Gasteiger partial charge on any atom is -0.494 e. The third kappa shape index (κ3) is 3.76. The number of nitrogens with zero attached hydrogens (tertiary/aromatic N) is 2. The fourth-order valence-electron chi connectivity index (χ4n) is 2.66. The molecule has 0 radical (unpaired) electrons. The lowest BCUT2D eigenvalue weighted by atomic mass is 10.2. The van der Waals surface area contributed by atoms with E-state index in [2.05, 4.69) is 17.6 Å². The van der Waals surface area contributed by atoms with Crippen molar-refractivity contribution in [2.75, 3.05) is 6.61 Å². The molecule has 0 spiro atoms. The van der Waals surface area contributed by atoms with E-state index in [0.29, 0.717) is 6.61 Å². The number of unbranched alkanes of at least 4 members (excludes halogenated alkanes) is 3. The quantitative estimate of drug-likeness (QED) is 0.746. The van der Waals surface area contributed by atoms with Gasteiger partial charge in [-0.05, 0) is 32.4 Å². The van der Waals surface area contributed by atoms with Crippen molar-refractivity contribution >= 4 is 11.0 Å². The zero-order valence-corrected chi connectivity index (χ0v) is 13.4. The first kappa shape index (κ1) is 15.8. The average molecular weight is 289 g/mol. The Morgan fingerprint density at radius 3 is 2.71 bits per heavy atom. The van der Waals surface area contributed by atoms with Crippen LogP contribution >= 0.6 is 0 Å². The molecular formula is C17H27N3O. The highest BCUT2D eigenvalue weighted by Gasteiger charge is 2.14. The SMILES string of the molecule is CCCCCCn1c(C(C)N)nc2cc(OCC)ccc21. The minimum atomic E-state index is -0.0564. The summed E-state index contributed by atoms with van der Waals surface area (Å²) in [5.74, 6) is 1.84. The summed E-state index contributed by atoms with van der Waals surface area (Å²) >= 11 is 0. The number of hydrogen-bond donors (Lipinski definition) is 1. The third-order valence-electron chi connectivity index (χ3n) is 3.70. The molecule has 0 bridgehead atoms. The number of imidazole rings is 1. The van der Waals surface area contributed by atoms with E-state index in [1.165, 1.54) is 25.7 Å². The molecule has 0 aliphatic carbocycles. The highest BCUT2D eigenvalue weighted by molar-refractivity contribution is 5.78. The normalized spacial score (nSPS) is 12.8. The monoisotopic (exact) mass is 289 g/mol. The topological polar surface area (TPSA) is 53.1 Å². The summed E-state index contributed by atoms with van der Waals surface area (Å²) in [6.07, 6.45) is 4.97. The van der Waals surface area contributed by atoms with Crippen molar-refractivity contribution < 1.29 is 4.74 Å². The molecule has 4 nitrogen and oxygen atoms in total. The standard InChI is InChI=1S/C17H27N3O/c1-4-6-7-8-11-20-16-10-9-14(21-5-2)12-15(16)19-17(20)13(3)18/h9-10,12-13H,4-8,11,18H2,1-3H3. The van der Waals surface area contributed by atoms with Crippen molar-refractivity contribution in [2.45, 2.75) is 59.0 Å². The first-order valence-corrected chi connectivity index (χ1v) is 8.06. The maximum atomic E-state index is 6.09. The van der Waals surface area contributed by atoms with Gasteiger partial charge in [-0.15, -0.1) is 0 Å². The Hall–Kier alpha value is -1.55. The van der Waals surface area contributed by atoms with Gasteiger partial charge < -0.3 is 15.0 Å². The lowest BCUT2D eigenvalue weighted by Crippen LogP contribution is -2.13. The summed E-state index contributed by atoms with van der Waals surface area (Å²) in [6, 6.07) is 6.06. The Morgan fingerprint density at radius 2 is 2.05 bits per heavy atom. The van der Waals surface area contributed by atoms with Gasteiger partial charge in [-0.2, -0.15) is 0 Å². The molecule has 2 aromatic rings. The van der Waals surface area contributed by atoms with Crippen molar-refractivity contribution in [1.82, 2.24) is 9.55 Å². The van der Waals surface area contributed by atoms with E-state index in [9.17, 15) is 0 Å². The van der Waals surface area contributed by atoms with Crippen LogP contribution in [0.5, 0.6) is 5.75 Å². The fraction of sp³-hybridized carbons (Fsp3) is 0.588. The molecule has 1 atom stereocenters. The van der Waals surface area contributed by atoms with E-state index in [1.807, 2.05) is 26.0 Å². The smallest absolute Gasteiger partial charge is 0.126 e. The molecule has 1 heterocycles. The first-order chi connectivity index (χ1) is 10.2. The lowest BCUT2D eigenvalue weighted by molar-refractivity contribution is 0.340. The van der Waals surface area contributed by atoms with Gasteiger partial charge in [0, 0.05) is 12.6 Å². The molecule has 2 rings (SSSR count). The summed E-state index contributed by atoms with van der Waals surface area (Å²) in [7, 11) is 0. The maximum absolute atomic E-state index is 6.09. The van der Waals surface area contributed by atoms with Gasteiger partial charge in [0.1, 0.15) is 11.6 Å². The van der Waals surface area contributed by atoms with Crippen LogP contribution in [0.15, 0.2) is 18.2 Å². The number of ether oxygens (including phenoxy) is 1. The molecule has 21 heavy (non-hydrogen) atoms. The summed E-state index contributed by atoms with van der Waals surface area (Å²) in [5, 5.41) is 0. The Labute approximate surface area is 127 Å². The summed E-state index contributed by atoms with van der Waals surface area (Å²) < 4.78 is 7.83. The number of nitrogens with two attached hydrogens (primary N) is 1. The van der Waals surface area contributed by atoms with Gasteiger partial charge in [0.25, 0.3) is 0 Å². The number of benzene rings is 1. The molecule has 0 amide bonds. The molecule has 0 saturated carbocycles. The second kappa shape index (κ2) is 7.46. The van der Waals surface area contributed by atoms with E-state index < -0.39 is 0 Å². The molecule has 2 N–H and O–H groups in total. The van der Waals surface area contributed by atoms with Crippen molar-refractivity contribution in [2.24, 2.45) is 5.73 Å². The molecule has 0 aliphatic rings. The van der Waals surface area contributed by atoms with Crippen LogP contribution in [-0.2, 0) is 6.54 Å². The number of aromatic nitrogens is 2. The number of aryl methyl sites for hydroxylation is 1. The van der Waals surface area contributed by atoms with Crippen molar-refractivity contribution in [3.63, 3.8) is 0 Å². The highest BCUT2D eigenvalue weighted by Crippen LogP contribution is 2.25. The van der Waals surface area contributed by atoms with Crippen LogP contribution in [0.4, 0.5) is 0 Å². The van der Waals surface area contributed by atoms with Gasteiger partial charge in [0.05, 0.1) is 23.7 Å². The van der Waals surface area contributed by atoms with Crippen LogP contribution in [0.2, 0.25) is 0 Å². The van der Waals surface area contributed by atoms with Gasteiger partial charge in [-0.3, -0.25) is 0 Å². The summed E-state index contributed by atoms with van der Waals surface area (Å²) in [5.41, 5.74) is 8.22.